The first-order valence-corrected chi connectivity index (χ1v) is 8.96. The average Bonchev–Trinajstić information content (AvgIpc) is 2.69. The van der Waals surface area contributed by atoms with Gasteiger partial charge >= 0.3 is 0 Å². The molecule has 1 aromatic carbocycles. The number of nitrogens with one attached hydrogen (secondary N) is 2. The van der Waals surface area contributed by atoms with Gasteiger partial charge in [-0.1, -0.05) is 12.1 Å². The zero-order valence-electron chi connectivity index (χ0n) is 14.6. The molecule has 1 fully saturated rings. The smallest absolute Gasteiger partial charge is 0.151 e. The number of anilines is 3. The van der Waals surface area contributed by atoms with Crippen molar-refractivity contribution in [1.29, 1.82) is 0 Å². The number of hydrogen-bond acceptors (Lipinski definition) is 6. The molecule has 0 aliphatic carbocycles. The van der Waals surface area contributed by atoms with Crippen LogP contribution in [0.2, 0.25) is 0 Å². The van der Waals surface area contributed by atoms with Crippen LogP contribution in [0.3, 0.4) is 0 Å². The largest absolute Gasteiger partial charge is 0.396 e. The van der Waals surface area contributed by atoms with Crippen LogP contribution in [0.25, 0.3) is 10.9 Å². The predicted octanol–water partition coefficient (Wildman–Crippen LogP) is 3.42. The number of nitrogen functional groups attached to an aromatic ring is 1. The minimum Gasteiger partial charge on any atom is -0.396 e. The number of aromatic nitrogens is 2. The van der Waals surface area contributed by atoms with E-state index >= 15 is 0 Å². The molecular weight excluding hydrogens is 326 g/mol. The number of hydrogen-bond donors (Lipinski definition) is 3. The summed E-state index contributed by atoms with van der Waals surface area (Å²) in [4.78, 5) is 9.00. The van der Waals surface area contributed by atoms with Gasteiger partial charge in [-0.05, 0) is 48.7 Å². The van der Waals surface area contributed by atoms with E-state index in [1.54, 1.807) is 0 Å². The average molecular weight is 349 g/mol. The molecule has 4 rings (SSSR count). The number of fused-ring (bicyclic) bond motifs is 1. The molecule has 1 saturated heterocycles. The molecule has 134 valence electrons. The maximum atomic E-state index is 6.09. The van der Waals surface area contributed by atoms with Gasteiger partial charge in [0.2, 0.25) is 0 Å². The molecule has 1 aliphatic heterocycles. The van der Waals surface area contributed by atoms with E-state index < -0.39 is 0 Å². The van der Waals surface area contributed by atoms with Crippen molar-refractivity contribution >= 4 is 28.2 Å². The van der Waals surface area contributed by atoms with Crippen LogP contribution in [0.1, 0.15) is 18.4 Å². The third-order valence-corrected chi connectivity index (χ3v) is 4.63. The Balaban J connectivity index is 1.45. The molecule has 0 bridgehead atoms. The van der Waals surface area contributed by atoms with Gasteiger partial charge in [-0.15, -0.1) is 0 Å². The first kappa shape index (κ1) is 16.6. The highest BCUT2D eigenvalue weighted by molar-refractivity contribution is 5.79. The quantitative estimate of drug-likeness (QED) is 0.654. The van der Waals surface area contributed by atoms with Crippen LogP contribution in [-0.4, -0.2) is 29.2 Å². The monoisotopic (exact) mass is 349 g/mol. The molecule has 1 aliphatic rings. The van der Waals surface area contributed by atoms with Crippen molar-refractivity contribution < 1.29 is 4.74 Å². The first-order chi connectivity index (χ1) is 12.8. The summed E-state index contributed by atoms with van der Waals surface area (Å²) in [7, 11) is 0. The molecule has 3 heterocycles. The lowest BCUT2D eigenvalue weighted by Crippen LogP contribution is -2.28. The number of rotatable bonds is 5. The number of benzene rings is 1. The molecule has 0 spiro atoms. The second-order valence-corrected chi connectivity index (χ2v) is 6.55. The van der Waals surface area contributed by atoms with Gasteiger partial charge in [0.15, 0.2) is 5.82 Å². The molecule has 0 saturated carbocycles. The fourth-order valence-electron chi connectivity index (χ4n) is 3.16. The Morgan fingerprint density at radius 2 is 2.00 bits per heavy atom. The fraction of sp³-hybridized carbons (Fsp3) is 0.300. The minimum absolute atomic E-state index is 0.403. The van der Waals surface area contributed by atoms with Gasteiger partial charge in [0, 0.05) is 37.4 Å². The summed E-state index contributed by atoms with van der Waals surface area (Å²) in [6.45, 7) is 2.26. The molecule has 0 radical (unpaired) electrons. The van der Waals surface area contributed by atoms with Crippen molar-refractivity contribution in [1.82, 2.24) is 9.97 Å². The van der Waals surface area contributed by atoms with Crippen LogP contribution >= 0.6 is 0 Å². The molecule has 4 N–H and O–H groups in total. The van der Waals surface area contributed by atoms with Gasteiger partial charge in [-0.2, -0.15) is 0 Å². The maximum Gasteiger partial charge on any atom is 0.151 e. The van der Waals surface area contributed by atoms with Crippen molar-refractivity contribution in [3.8, 4) is 0 Å². The Bertz CT molecular complexity index is 892. The second kappa shape index (κ2) is 7.58. The van der Waals surface area contributed by atoms with E-state index in [4.69, 9.17) is 10.5 Å². The van der Waals surface area contributed by atoms with Crippen LogP contribution in [0.4, 0.5) is 17.3 Å². The normalized spacial score (nSPS) is 15.1. The van der Waals surface area contributed by atoms with Gasteiger partial charge in [-0.25, -0.2) is 4.98 Å². The Morgan fingerprint density at radius 3 is 2.88 bits per heavy atom. The third kappa shape index (κ3) is 3.86. The SMILES string of the molecule is Nc1ccc(NC2CCOCC2)nc1NCc1ccc2ncccc2c1. The summed E-state index contributed by atoms with van der Waals surface area (Å²) in [5, 5.41) is 7.95. The van der Waals surface area contributed by atoms with Crippen molar-refractivity contribution in [2.45, 2.75) is 25.4 Å². The van der Waals surface area contributed by atoms with Crippen LogP contribution in [0, 0.1) is 0 Å². The predicted molar refractivity (Wildman–Crippen MR) is 105 cm³/mol. The molecular formula is C20H23N5O. The minimum atomic E-state index is 0.403. The molecule has 6 heteroatoms. The first-order valence-electron chi connectivity index (χ1n) is 8.96. The van der Waals surface area contributed by atoms with Gasteiger partial charge in [-0.3, -0.25) is 4.98 Å². The van der Waals surface area contributed by atoms with E-state index in [1.165, 1.54) is 0 Å². The topological polar surface area (TPSA) is 85.1 Å². The number of pyridine rings is 2. The maximum absolute atomic E-state index is 6.09. The Labute approximate surface area is 152 Å². The molecule has 0 atom stereocenters. The van der Waals surface area contributed by atoms with Crippen molar-refractivity contribution in [3.63, 3.8) is 0 Å². The molecule has 2 aromatic heterocycles. The number of ether oxygens (including phenoxy) is 1. The van der Waals surface area contributed by atoms with E-state index in [0.717, 1.165) is 48.3 Å². The Morgan fingerprint density at radius 1 is 1.12 bits per heavy atom. The summed E-state index contributed by atoms with van der Waals surface area (Å²) in [6, 6.07) is 14.5. The standard InChI is InChI=1S/C20H23N5O/c21-17-4-6-19(24-16-7-10-26-11-8-16)25-20(17)23-13-14-3-5-18-15(12-14)2-1-9-22-18/h1-6,9,12,16H,7-8,10-11,13,21H2,(H2,23,24,25). The molecule has 6 nitrogen and oxygen atoms in total. The van der Waals surface area contributed by atoms with Gasteiger partial charge in [0.25, 0.3) is 0 Å². The van der Waals surface area contributed by atoms with Crippen molar-refractivity contribution in [2.24, 2.45) is 0 Å². The van der Waals surface area contributed by atoms with Gasteiger partial charge in [0.1, 0.15) is 5.82 Å². The van der Waals surface area contributed by atoms with Crippen LogP contribution in [0.15, 0.2) is 48.7 Å². The summed E-state index contributed by atoms with van der Waals surface area (Å²) < 4.78 is 5.40. The van der Waals surface area contributed by atoms with Crippen LogP contribution < -0.4 is 16.4 Å². The highest BCUT2D eigenvalue weighted by Crippen LogP contribution is 2.22. The van der Waals surface area contributed by atoms with Crippen LogP contribution in [-0.2, 0) is 11.3 Å². The summed E-state index contributed by atoms with van der Waals surface area (Å²) in [5.74, 6) is 1.55. The Hall–Kier alpha value is -2.86. The van der Waals surface area contributed by atoms with E-state index in [1.807, 2.05) is 30.5 Å². The van der Waals surface area contributed by atoms with E-state index in [2.05, 4.69) is 38.8 Å². The number of nitrogens with two attached hydrogens (primary N) is 1. The molecule has 3 aromatic rings. The third-order valence-electron chi connectivity index (χ3n) is 4.63. The van der Waals surface area contributed by atoms with E-state index in [-0.39, 0.29) is 0 Å². The highest BCUT2D eigenvalue weighted by Gasteiger charge is 2.14. The van der Waals surface area contributed by atoms with E-state index in [9.17, 15) is 0 Å². The number of nitrogens with zero attached hydrogens (tertiary/aromatic N) is 2. The molecule has 0 unspecified atom stereocenters. The fourth-order valence-corrected chi connectivity index (χ4v) is 3.16. The van der Waals surface area contributed by atoms with Crippen molar-refractivity contribution in [3.05, 3.63) is 54.2 Å². The summed E-state index contributed by atoms with van der Waals surface area (Å²) in [6.07, 6.45) is 3.81. The molecule has 0 amide bonds. The molecule has 26 heavy (non-hydrogen) atoms. The van der Waals surface area contributed by atoms with Gasteiger partial charge in [0.05, 0.1) is 11.2 Å². The lowest BCUT2D eigenvalue weighted by molar-refractivity contribution is 0.0904. The van der Waals surface area contributed by atoms with Crippen LogP contribution in [0.5, 0.6) is 0 Å². The lowest BCUT2D eigenvalue weighted by atomic mass is 10.1. The van der Waals surface area contributed by atoms with Crippen molar-refractivity contribution in [2.75, 3.05) is 29.6 Å². The zero-order chi connectivity index (χ0) is 17.8. The summed E-state index contributed by atoms with van der Waals surface area (Å²) >= 11 is 0. The highest BCUT2D eigenvalue weighted by atomic mass is 16.5. The van der Waals surface area contributed by atoms with Gasteiger partial charge < -0.3 is 21.1 Å². The Kier molecular flexibility index (Phi) is 4.84. The lowest BCUT2D eigenvalue weighted by Gasteiger charge is -2.24. The zero-order valence-corrected chi connectivity index (χ0v) is 14.6. The summed E-state index contributed by atoms with van der Waals surface area (Å²) in [5.41, 5.74) is 8.90. The second-order valence-electron chi connectivity index (χ2n) is 6.55. The van der Waals surface area contributed by atoms with E-state index in [0.29, 0.717) is 24.1 Å².